The molecule has 0 aliphatic heterocycles. The molecule has 3 nitrogen and oxygen atoms in total. The second-order valence-electron chi connectivity index (χ2n) is 9.93. The molecule has 4 aliphatic rings. The number of amides is 1. The van der Waals surface area contributed by atoms with Gasteiger partial charge in [-0.1, -0.05) is 26.3 Å². The van der Waals surface area contributed by atoms with E-state index in [1.54, 1.807) is 0 Å². The lowest BCUT2D eigenvalue weighted by Crippen LogP contribution is -2.52. The molecule has 0 heterocycles. The van der Waals surface area contributed by atoms with Gasteiger partial charge in [0.1, 0.15) is 0 Å². The van der Waals surface area contributed by atoms with Crippen LogP contribution in [-0.2, 0) is 9.59 Å². The van der Waals surface area contributed by atoms with Crippen LogP contribution >= 0.6 is 0 Å². The molecule has 3 saturated carbocycles. The Labute approximate surface area is 158 Å². The van der Waals surface area contributed by atoms with E-state index in [0.29, 0.717) is 23.5 Å². The lowest BCUT2D eigenvalue weighted by atomic mass is 9.47. The molecule has 0 aromatic heterocycles. The number of ketones is 1. The zero-order valence-corrected chi connectivity index (χ0v) is 16.8. The van der Waals surface area contributed by atoms with Gasteiger partial charge in [0.25, 0.3) is 0 Å². The summed E-state index contributed by atoms with van der Waals surface area (Å²) < 4.78 is 0. The van der Waals surface area contributed by atoms with E-state index in [1.807, 2.05) is 6.08 Å². The van der Waals surface area contributed by atoms with Gasteiger partial charge < -0.3 is 5.32 Å². The fraction of sp³-hybridized carbons (Fsp3) is 0.826. The molecule has 0 saturated heterocycles. The summed E-state index contributed by atoms with van der Waals surface area (Å²) in [4.78, 5) is 24.7. The Morgan fingerprint density at radius 1 is 1.12 bits per heavy atom. The molecule has 144 valence electrons. The van der Waals surface area contributed by atoms with Gasteiger partial charge >= 0.3 is 0 Å². The summed E-state index contributed by atoms with van der Waals surface area (Å²) in [5, 5.41) is 3.18. The van der Waals surface area contributed by atoms with Crippen LogP contribution in [0.2, 0.25) is 0 Å². The van der Waals surface area contributed by atoms with Crippen LogP contribution in [0.5, 0.6) is 0 Å². The summed E-state index contributed by atoms with van der Waals surface area (Å²) in [7, 11) is 0. The minimum atomic E-state index is 0.182. The monoisotopic (exact) mass is 357 g/mol. The molecule has 1 N–H and O–H groups in total. The first-order chi connectivity index (χ1) is 12.4. The average molecular weight is 358 g/mol. The van der Waals surface area contributed by atoms with Gasteiger partial charge in [-0.15, -0.1) is 0 Å². The first-order valence-corrected chi connectivity index (χ1v) is 10.9. The average Bonchev–Trinajstić information content (AvgIpc) is 2.97. The fourth-order valence-electron chi connectivity index (χ4n) is 7.36. The summed E-state index contributed by atoms with van der Waals surface area (Å²) in [5.41, 5.74) is 1.86. The molecule has 26 heavy (non-hydrogen) atoms. The number of carbonyl (C=O) groups excluding carboxylic acids is 2. The van der Waals surface area contributed by atoms with Crippen molar-refractivity contribution in [1.82, 2.24) is 5.32 Å². The van der Waals surface area contributed by atoms with Crippen LogP contribution < -0.4 is 5.32 Å². The predicted octanol–water partition coefficient (Wildman–Crippen LogP) is 4.66. The maximum atomic E-state index is 12.8. The van der Waals surface area contributed by atoms with E-state index in [2.05, 4.69) is 26.1 Å². The minimum Gasteiger partial charge on any atom is -0.356 e. The molecule has 4 rings (SSSR count). The number of hydrogen-bond acceptors (Lipinski definition) is 2. The molecule has 3 fully saturated rings. The number of carbonyl (C=O) groups is 2. The molecule has 3 heteroatoms. The molecular formula is C23H35NO2. The molecule has 4 aliphatic carbocycles. The Morgan fingerprint density at radius 2 is 1.92 bits per heavy atom. The maximum Gasteiger partial charge on any atom is 0.223 e. The summed E-state index contributed by atoms with van der Waals surface area (Å²) in [6.45, 7) is 7.77. The third-order valence-electron chi connectivity index (χ3n) is 8.83. The van der Waals surface area contributed by atoms with Crippen LogP contribution in [0.25, 0.3) is 0 Å². The molecule has 3 unspecified atom stereocenters. The Hall–Kier alpha value is -1.12. The van der Waals surface area contributed by atoms with Crippen LogP contribution in [0.1, 0.15) is 78.6 Å². The van der Waals surface area contributed by atoms with Gasteiger partial charge in [0.05, 0.1) is 0 Å². The predicted molar refractivity (Wildman–Crippen MR) is 104 cm³/mol. The number of hydrogen-bond donors (Lipinski definition) is 1. The Morgan fingerprint density at radius 3 is 2.69 bits per heavy atom. The van der Waals surface area contributed by atoms with E-state index in [-0.39, 0.29) is 16.7 Å². The summed E-state index contributed by atoms with van der Waals surface area (Å²) >= 11 is 0. The van der Waals surface area contributed by atoms with Crippen molar-refractivity contribution in [2.45, 2.75) is 78.6 Å². The summed E-state index contributed by atoms with van der Waals surface area (Å²) in [5.74, 6) is 3.00. The van der Waals surface area contributed by atoms with Gasteiger partial charge in [-0.05, 0) is 86.0 Å². The largest absolute Gasteiger partial charge is 0.356 e. The Kier molecular flexibility index (Phi) is 4.56. The zero-order chi connectivity index (χ0) is 18.5. The first kappa shape index (κ1) is 18.3. The molecule has 1 amide bonds. The van der Waals surface area contributed by atoms with Gasteiger partial charge in [-0.2, -0.15) is 0 Å². The third-order valence-corrected chi connectivity index (χ3v) is 8.83. The Balaban J connectivity index is 1.57. The normalized spacial score (nSPS) is 44.6. The van der Waals surface area contributed by atoms with E-state index in [4.69, 9.17) is 0 Å². The Bertz CT molecular complexity index is 638. The van der Waals surface area contributed by atoms with E-state index < -0.39 is 0 Å². The second-order valence-corrected chi connectivity index (χ2v) is 9.93. The molecule has 0 bridgehead atoms. The van der Waals surface area contributed by atoms with Gasteiger partial charge in [-0.25, -0.2) is 0 Å². The van der Waals surface area contributed by atoms with E-state index in [0.717, 1.165) is 44.6 Å². The zero-order valence-electron chi connectivity index (χ0n) is 16.8. The van der Waals surface area contributed by atoms with Crippen molar-refractivity contribution in [2.24, 2.45) is 34.5 Å². The maximum absolute atomic E-state index is 12.8. The third kappa shape index (κ3) is 2.60. The molecular weight excluding hydrogens is 322 g/mol. The van der Waals surface area contributed by atoms with Crippen molar-refractivity contribution in [3.8, 4) is 0 Å². The highest BCUT2D eigenvalue weighted by Crippen LogP contribution is 2.66. The smallest absolute Gasteiger partial charge is 0.223 e. The van der Waals surface area contributed by atoms with Crippen molar-refractivity contribution >= 4 is 11.7 Å². The van der Waals surface area contributed by atoms with Gasteiger partial charge in [0.2, 0.25) is 5.91 Å². The minimum absolute atomic E-state index is 0.182. The molecule has 0 radical (unpaired) electrons. The van der Waals surface area contributed by atoms with E-state index >= 15 is 0 Å². The first-order valence-electron chi connectivity index (χ1n) is 10.9. The van der Waals surface area contributed by atoms with Crippen LogP contribution in [-0.4, -0.2) is 18.2 Å². The van der Waals surface area contributed by atoms with Crippen molar-refractivity contribution in [3.63, 3.8) is 0 Å². The van der Waals surface area contributed by atoms with Crippen LogP contribution in [0.4, 0.5) is 0 Å². The number of rotatable bonds is 3. The quantitative estimate of drug-likeness (QED) is 0.798. The van der Waals surface area contributed by atoms with E-state index in [1.165, 1.54) is 31.3 Å². The highest BCUT2D eigenvalue weighted by Gasteiger charge is 2.60. The summed E-state index contributed by atoms with van der Waals surface area (Å²) in [6.07, 6.45) is 11.8. The standard InChI is InChI=1S/C23H35NO2/c1-4-13-24-21(26)20-8-7-18-17-6-5-15-14-16(25)9-11-22(15,2)19(17)10-12-23(18,20)3/h14,17-20H,4-13H2,1-3H3,(H,24,26)/t17?,18?,19?,20-,22+,23+/m1/s1. The lowest BCUT2D eigenvalue weighted by molar-refractivity contribution is -0.132. The number of fused-ring (bicyclic) bond motifs is 5. The molecule has 0 aromatic rings. The van der Waals surface area contributed by atoms with E-state index in [9.17, 15) is 9.59 Å². The lowest BCUT2D eigenvalue weighted by Gasteiger charge is -2.58. The van der Waals surface area contributed by atoms with Gasteiger partial charge in [0.15, 0.2) is 5.78 Å². The fourth-order valence-corrected chi connectivity index (χ4v) is 7.36. The topological polar surface area (TPSA) is 46.2 Å². The number of nitrogens with one attached hydrogen (secondary N) is 1. The van der Waals surface area contributed by atoms with Crippen LogP contribution in [0.15, 0.2) is 11.6 Å². The molecule has 0 spiro atoms. The van der Waals surface area contributed by atoms with Crippen molar-refractivity contribution < 1.29 is 9.59 Å². The van der Waals surface area contributed by atoms with Crippen molar-refractivity contribution in [1.29, 1.82) is 0 Å². The highest BCUT2D eigenvalue weighted by atomic mass is 16.2. The molecule has 6 atom stereocenters. The SMILES string of the molecule is CCCNC(=O)[C@H]1CCC2C3CCC4=CC(=O)CC[C@]4(C)C3CC[C@@]21C. The van der Waals surface area contributed by atoms with Crippen molar-refractivity contribution in [2.75, 3.05) is 6.54 Å². The molecule has 0 aromatic carbocycles. The van der Waals surface area contributed by atoms with Crippen LogP contribution in [0, 0.1) is 34.5 Å². The van der Waals surface area contributed by atoms with Crippen molar-refractivity contribution in [3.05, 3.63) is 11.6 Å². The van der Waals surface area contributed by atoms with Crippen LogP contribution in [0.3, 0.4) is 0 Å². The second kappa shape index (κ2) is 6.49. The summed E-state index contributed by atoms with van der Waals surface area (Å²) in [6, 6.07) is 0. The number of allylic oxidation sites excluding steroid dienone is 1. The van der Waals surface area contributed by atoms with Gasteiger partial charge in [-0.3, -0.25) is 9.59 Å². The highest BCUT2D eigenvalue weighted by molar-refractivity contribution is 5.91. The van der Waals surface area contributed by atoms with Gasteiger partial charge in [0, 0.05) is 18.9 Å².